The Labute approximate surface area is 138 Å². The molecule has 3 fully saturated rings. The first-order valence-electron chi connectivity index (χ1n) is 9.27. The van der Waals surface area contributed by atoms with Gasteiger partial charge in [-0.15, -0.1) is 0 Å². The zero-order valence-corrected chi connectivity index (χ0v) is 14.0. The molecule has 0 aromatic heterocycles. The van der Waals surface area contributed by atoms with Crippen molar-refractivity contribution in [1.29, 1.82) is 0 Å². The number of fused-ring (bicyclic) bond motifs is 5. The van der Waals surface area contributed by atoms with Gasteiger partial charge in [0, 0.05) is 5.41 Å². The normalized spacial score (nSPS) is 55.6. The summed E-state index contributed by atoms with van der Waals surface area (Å²) in [6.45, 7) is 2.31. The van der Waals surface area contributed by atoms with Gasteiger partial charge in [-0.2, -0.15) is 0 Å². The van der Waals surface area contributed by atoms with Crippen molar-refractivity contribution in [3.05, 3.63) is 11.6 Å². The molecule has 3 saturated carbocycles. The number of aliphatic hydroxyl groups is 4. The molecule has 4 aliphatic carbocycles. The van der Waals surface area contributed by atoms with E-state index in [1.165, 1.54) is 5.57 Å². The number of allylic oxidation sites excluding steroid dienone is 1. The van der Waals surface area contributed by atoms with Crippen molar-refractivity contribution >= 4 is 0 Å². The first kappa shape index (κ1) is 16.1. The van der Waals surface area contributed by atoms with E-state index in [1.54, 1.807) is 0 Å². The van der Waals surface area contributed by atoms with E-state index >= 15 is 0 Å². The zero-order chi connectivity index (χ0) is 16.4. The molecule has 23 heavy (non-hydrogen) atoms. The van der Waals surface area contributed by atoms with Crippen molar-refractivity contribution in [2.24, 2.45) is 28.6 Å². The molecule has 0 aromatic rings. The zero-order valence-electron chi connectivity index (χ0n) is 14.0. The van der Waals surface area contributed by atoms with E-state index in [9.17, 15) is 20.4 Å². The summed E-state index contributed by atoms with van der Waals surface area (Å²) >= 11 is 0. The summed E-state index contributed by atoms with van der Waals surface area (Å²) in [6.07, 6.45) is 6.72. The quantitative estimate of drug-likeness (QED) is 0.553. The molecule has 8 atom stereocenters. The summed E-state index contributed by atoms with van der Waals surface area (Å²) in [7, 11) is 0. The lowest BCUT2D eigenvalue weighted by Gasteiger charge is -2.58. The fraction of sp³-hybridized carbons (Fsp3) is 0.895. The van der Waals surface area contributed by atoms with Gasteiger partial charge in [-0.25, -0.2) is 0 Å². The second-order valence-corrected chi connectivity index (χ2v) is 8.85. The maximum atomic E-state index is 10.5. The van der Waals surface area contributed by atoms with E-state index in [0.29, 0.717) is 30.6 Å². The Bertz CT molecular complexity index is 517. The third-order valence-corrected chi connectivity index (χ3v) is 8.06. The fourth-order valence-corrected chi connectivity index (χ4v) is 6.72. The Morgan fingerprint density at radius 2 is 1.91 bits per heavy atom. The van der Waals surface area contributed by atoms with Crippen LogP contribution in [0.15, 0.2) is 11.6 Å². The van der Waals surface area contributed by atoms with Crippen LogP contribution in [-0.4, -0.2) is 45.3 Å². The average Bonchev–Trinajstić information content (AvgIpc) is 2.78. The minimum atomic E-state index is -0.614. The second kappa shape index (κ2) is 5.29. The molecule has 0 aliphatic heterocycles. The van der Waals surface area contributed by atoms with Crippen LogP contribution in [-0.2, 0) is 0 Å². The van der Waals surface area contributed by atoms with Crippen LogP contribution in [0, 0.1) is 28.6 Å². The van der Waals surface area contributed by atoms with Crippen molar-refractivity contribution in [1.82, 2.24) is 0 Å². The summed E-state index contributed by atoms with van der Waals surface area (Å²) in [4.78, 5) is 0. The molecule has 0 radical (unpaired) electrons. The fourth-order valence-electron chi connectivity index (χ4n) is 6.72. The average molecular weight is 322 g/mol. The molecular weight excluding hydrogens is 292 g/mol. The molecule has 4 heteroatoms. The molecule has 4 rings (SSSR count). The Balaban J connectivity index is 1.70. The van der Waals surface area contributed by atoms with Gasteiger partial charge in [-0.3, -0.25) is 0 Å². The topological polar surface area (TPSA) is 80.9 Å². The van der Waals surface area contributed by atoms with Crippen molar-refractivity contribution < 1.29 is 20.4 Å². The van der Waals surface area contributed by atoms with Gasteiger partial charge in [0.25, 0.3) is 0 Å². The SMILES string of the molecule is C[C@]12CCC3C(CC=C4C[C@@H](O)CC[C@@]43CO)C1C[C@H](O)[C@@H]2O. The van der Waals surface area contributed by atoms with Gasteiger partial charge in [-0.1, -0.05) is 18.6 Å². The first-order chi connectivity index (χ1) is 10.9. The predicted octanol–water partition coefficient (Wildman–Crippen LogP) is 1.61. The molecule has 130 valence electrons. The molecule has 0 spiro atoms. The highest BCUT2D eigenvalue weighted by Gasteiger charge is 2.61. The summed E-state index contributed by atoms with van der Waals surface area (Å²) in [6, 6.07) is 0. The van der Waals surface area contributed by atoms with Crippen LogP contribution in [0.2, 0.25) is 0 Å². The Morgan fingerprint density at radius 3 is 2.65 bits per heavy atom. The highest BCUT2D eigenvalue weighted by molar-refractivity contribution is 5.27. The number of aliphatic hydroxyl groups excluding tert-OH is 4. The molecule has 0 amide bonds. The van der Waals surface area contributed by atoms with E-state index < -0.39 is 12.2 Å². The van der Waals surface area contributed by atoms with E-state index in [-0.39, 0.29) is 23.5 Å². The second-order valence-electron chi connectivity index (χ2n) is 8.85. The van der Waals surface area contributed by atoms with Gasteiger partial charge in [0.15, 0.2) is 0 Å². The first-order valence-corrected chi connectivity index (χ1v) is 9.27. The van der Waals surface area contributed by atoms with Crippen LogP contribution in [0.4, 0.5) is 0 Å². The van der Waals surface area contributed by atoms with Crippen LogP contribution in [0.1, 0.15) is 51.9 Å². The molecular formula is C19H30O4. The van der Waals surface area contributed by atoms with E-state index in [1.807, 2.05) is 0 Å². The third-order valence-electron chi connectivity index (χ3n) is 8.06. The maximum Gasteiger partial charge on any atom is 0.0855 e. The summed E-state index contributed by atoms with van der Waals surface area (Å²) in [5.41, 5.74) is 0.918. The van der Waals surface area contributed by atoms with Crippen molar-refractivity contribution in [3.8, 4) is 0 Å². The lowest BCUT2D eigenvalue weighted by molar-refractivity contribution is -0.0954. The predicted molar refractivity (Wildman–Crippen MR) is 86.5 cm³/mol. The van der Waals surface area contributed by atoms with Crippen LogP contribution < -0.4 is 0 Å². The lowest BCUT2D eigenvalue weighted by atomic mass is 9.47. The highest BCUT2D eigenvalue weighted by Crippen LogP contribution is 2.64. The van der Waals surface area contributed by atoms with Gasteiger partial charge in [0.05, 0.1) is 24.9 Å². The summed E-state index contributed by atoms with van der Waals surface area (Å²) in [5.74, 6) is 1.20. The molecule has 4 N–H and O–H groups in total. The van der Waals surface area contributed by atoms with Gasteiger partial charge in [0.2, 0.25) is 0 Å². The van der Waals surface area contributed by atoms with Gasteiger partial charge < -0.3 is 20.4 Å². The molecule has 0 aromatic carbocycles. The highest BCUT2D eigenvalue weighted by atomic mass is 16.3. The monoisotopic (exact) mass is 322 g/mol. The van der Waals surface area contributed by atoms with Gasteiger partial charge in [-0.05, 0) is 68.1 Å². The Kier molecular flexibility index (Phi) is 3.69. The number of hydrogen-bond acceptors (Lipinski definition) is 4. The van der Waals surface area contributed by atoms with E-state index in [2.05, 4.69) is 13.0 Å². The van der Waals surface area contributed by atoms with Crippen LogP contribution >= 0.6 is 0 Å². The third kappa shape index (κ3) is 2.05. The molecule has 4 aliphatic rings. The Morgan fingerprint density at radius 1 is 1.13 bits per heavy atom. The van der Waals surface area contributed by atoms with Gasteiger partial charge >= 0.3 is 0 Å². The van der Waals surface area contributed by atoms with Crippen LogP contribution in [0.3, 0.4) is 0 Å². The number of hydrogen-bond donors (Lipinski definition) is 4. The van der Waals surface area contributed by atoms with Crippen LogP contribution in [0.25, 0.3) is 0 Å². The molecule has 0 saturated heterocycles. The summed E-state index contributed by atoms with van der Waals surface area (Å²) in [5, 5.41) is 41.0. The minimum absolute atomic E-state index is 0.165. The number of rotatable bonds is 1. The molecule has 4 nitrogen and oxygen atoms in total. The van der Waals surface area contributed by atoms with Crippen molar-refractivity contribution in [3.63, 3.8) is 0 Å². The van der Waals surface area contributed by atoms with E-state index in [0.717, 1.165) is 32.1 Å². The standard InChI is InChI=1S/C19H30O4/c1-18-6-5-14-13(15(18)9-16(22)17(18)23)3-2-11-8-12(21)4-7-19(11,14)10-20/h2,12-17,20-23H,3-10H2,1H3/t12-,13?,14?,15?,16-,17-,18-,19+/m0/s1. The smallest absolute Gasteiger partial charge is 0.0855 e. The lowest BCUT2D eigenvalue weighted by Crippen LogP contribution is -2.53. The Hall–Kier alpha value is -0.420. The van der Waals surface area contributed by atoms with Crippen molar-refractivity contribution in [2.45, 2.75) is 70.2 Å². The van der Waals surface area contributed by atoms with Gasteiger partial charge in [0.1, 0.15) is 0 Å². The maximum absolute atomic E-state index is 10.5. The largest absolute Gasteiger partial charge is 0.395 e. The molecule has 3 unspecified atom stereocenters. The summed E-state index contributed by atoms with van der Waals surface area (Å²) < 4.78 is 0. The van der Waals surface area contributed by atoms with Crippen LogP contribution in [0.5, 0.6) is 0 Å². The molecule has 0 heterocycles. The minimum Gasteiger partial charge on any atom is -0.395 e. The van der Waals surface area contributed by atoms with Crippen molar-refractivity contribution in [2.75, 3.05) is 6.61 Å². The van der Waals surface area contributed by atoms with E-state index in [4.69, 9.17) is 0 Å². The molecule has 0 bridgehead atoms.